The Morgan fingerprint density at radius 1 is 1.62 bits per heavy atom. The minimum absolute atomic E-state index is 0.292. The molecular formula is C9H11N5OS. The molecule has 0 unspecified atom stereocenters. The number of carbonyl (C=O) groups is 1. The van der Waals surface area contributed by atoms with Gasteiger partial charge in [-0.1, -0.05) is 0 Å². The molecule has 7 heteroatoms. The van der Waals surface area contributed by atoms with Crippen molar-refractivity contribution < 1.29 is 4.79 Å². The zero-order valence-electron chi connectivity index (χ0n) is 8.89. The number of nitrogens with one attached hydrogen (secondary N) is 1. The molecule has 0 saturated carbocycles. The first-order valence-corrected chi connectivity index (χ1v) is 5.47. The Hall–Kier alpha value is -1.89. The molecule has 0 bridgehead atoms. The van der Waals surface area contributed by atoms with Gasteiger partial charge in [-0.05, 0) is 6.92 Å². The molecule has 2 rings (SSSR count). The summed E-state index contributed by atoms with van der Waals surface area (Å²) in [5, 5.41) is 8.99. The maximum atomic E-state index is 11.8. The second kappa shape index (κ2) is 3.93. The Balaban J connectivity index is 2.18. The minimum atomic E-state index is -0.292. The van der Waals surface area contributed by atoms with Crippen LogP contribution in [0, 0.1) is 6.92 Å². The fraction of sp³-hybridized carbons (Fsp3) is 0.222. The van der Waals surface area contributed by atoms with Gasteiger partial charge in [-0.2, -0.15) is 5.10 Å². The monoisotopic (exact) mass is 237 g/mol. The third kappa shape index (κ3) is 1.89. The number of aryl methyl sites for hydroxylation is 2. The molecule has 0 aliphatic heterocycles. The molecule has 2 heterocycles. The van der Waals surface area contributed by atoms with Gasteiger partial charge in [0.25, 0.3) is 5.91 Å². The summed E-state index contributed by atoms with van der Waals surface area (Å²) in [6, 6.07) is 0. The number of nitrogen functional groups attached to an aromatic ring is 1. The highest BCUT2D eigenvalue weighted by molar-refractivity contribution is 7.13. The van der Waals surface area contributed by atoms with Crippen LogP contribution in [0.4, 0.5) is 10.9 Å². The van der Waals surface area contributed by atoms with E-state index in [-0.39, 0.29) is 5.91 Å². The van der Waals surface area contributed by atoms with Crippen molar-refractivity contribution in [3.05, 3.63) is 22.8 Å². The lowest BCUT2D eigenvalue weighted by molar-refractivity contribution is 0.102. The van der Waals surface area contributed by atoms with Gasteiger partial charge in [0.2, 0.25) is 0 Å². The second-order valence-corrected chi connectivity index (χ2v) is 4.17. The Labute approximate surface area is 96.1 Å². The van der Waals surface area contributed by atoms with Gasteiger partial charge in [0.15, 0.2) is 5.13 Å². The van der Waals surface area contributed by atoms with Crippen molar-refractivity contribution in [2.24, 2.45) is 7.05 Å². The molecule has 16 heavy (non-hydrogen) atoms. The van der Waals surface area contributed by atoms with E-state index in [2.05, 4.69) is 15.4 Å². The summed E-state index contributed by atoms with van der Waals surface area (Å²) in [6.07, 6.45) is 1.44. The van der Waals surface area contributed by atoms with Gasteiger partial charge in [0.05, 0.1) is 11.9 Å². The molecule has 2 aromatic rings. The van der Waals surface area contributed by atoms with E-state index in [0.29, 0.717) is 16.5 Å². The fourth-order valence-electron chi connectivity index (χ4n) is 1.20. The molecule has 0 spiro atoms. The van der Waals surface area contributed by atoms with E-state index < -0.39 is 0 Å². The zero-order valence-corrected chi connectivity index (χ0v) is 9.71. The highest BCUT2D eigenvalue weighted by Gasteiger charge is 2.14. The molecule has 0 atom stereocenters. The molecule has 0 aliphatic rings. The standard InChI is InChI=1S/C9H11N5OS/c1-5-4-16-9(12-5)13-8(15)6-3-11-14(2)7(6)10/h3-4H,10H2,1-2H3,(H,12,13,15). The number of amides is 1. The summed E-state index contributed by atoms with van der Waals surface area (Å²) in [5.74, 6) is 0.0470. The van der Waals surface area contributed by atoms with Gasteiger partial charge < -0.3 is 5.73 Å². The average molecular weight is 237 g/mol. The average Bonchev–Trinajstić information content (AvgIpc) is 2.76. The molecule has 0 fully saturated rings. The number of hydrogen-bond acceptors (Lipinski definition) is 5. The highest BCUT2D eigenvalue weighted by atomic mass is 32.1. The Morgan fingerprint density at radius 3 is 2.88 bits per heavy atom. The summed E-state index contributed by atoms with van der Waals surface area (Å²) in [7, 11) is 1.68. The van der Waals surface area contributed by atoms with E-state index in [9.17, 15) is 4.79 Å². The molecule has 6 nitrogen and oxygen atoms in total. The van der Waals surface area contributed by atoms with Crippen molar-refractivity contribution in [3.8, 4) is 0 Å². The van der Waals surface area contributed by atoms with Gasteiger partial charge in [0, 0.05) is 12.4 Å². The molecule has 0 saturated heterocycles. The SMILES string of the molecule is Cc1csc(NC(=O)c2cnn(C)c2N)n1. The number of nitrogens with zero attached hydrogens (tertiary/aromatic N) is 3. The van der Waals surface area contributed by atoms with E-state index >= 15 is 0 Å². The predicted molar refractivity (Wildman–Crippen MR) is 62.4 cm³/mol. The third-order valence-corrected chi connectivity index (χ3v) is 2.94. The molecule has 3 N–H and O–H groups in total. The Kier molecular flexibility index (Phi) is 2.61. The van der Waals surface area contributed by atoms with Gasteiger partial charge in [-0.3, -0.25) is 14.8 Å². The van der Waals surface area contributed by atoms with E-state index in [0.717, 1.165) is 5.69 Å². The number of nitrogens with two attached hydrogens (primary N) is 1. The molecule has 84 valence electrons. The number of anilines is 2. The quantitative estimate of drug-likeness (QED) is 0.816. The zero-order chi connectivity index (χ0) is 11.7. The molecule has 0 aliphatic carbocycles. The fourth-order valence-corrected chi connectivity index (χ4v) is 1.88. The van der Waals surface area contributed by atoms with Gasteiger partial charge >= 0.3 is 0 Å². The Bertz CT molecular complexity index is 530. The number of hydrogen-bond donors (Lipinski definition) is 2. The minimum Gasteiger partial charge on any atom is -0.383 e. The normalized spacial score (nSPS) is 10.4. The second-order valence-electron chi connectivity index (χ2n) is 3.32. The lowest BCUT2D eigenvalue weighted by atomic mass is 10.3. The van der Waals surface area contributed by atoms with E-state index in [1.54, 1.807) is 7.05 Å². The van der Waals surface area contributed by atoms with Crippen molar-refractivity contribution in [2.45, 2.75) is 6.92 Å². The summed E-state index contributed by atoms with van der Waals surface area (Å²) < 4.78 is 1.45. The maximum absolute atomic E-state index is 11.8. The van der Waals surface area contributed by atoms with Gasteiger partial charge in [0.1, 0.15) is 11.4 Å². The molecule has 0 radical (unpaired) electrons. The van der Waals surface area contributed by atoms with Crippen LogP contribution < -0.4 is 11.1 Å². The highest BCUT2D eigenvalue weighted by Crippen LogP contribution is 2.17. The summed E-state index contributed by atoms with van der Waals surface area (Å²) >= 11 is 1.37. The van der Waals surface area contributed by atoms with Crippen LogP contribution in [0.5, 0.6) is 0 Å². The van der Waals surface area contributed by atoms with Gasteiger partial charge in [-0.15, -0.1) is 11.3 Å². The molecule has 2 aromatic heterocycles. The van der Waals surface area contributed by atoms with Crippen molar-refractivity contribution in [2.75, 3.05) is 11.1 Å². The Morgan fingerprint density at radius 2 is 2.38 bits per heavy atom. The molecule has 1 amide bonds. The summed E-state index contributed by atoms with van der Waals surface area (Å²) in [4.78, 5) is 15.9. The lowest BCUT2D eigenvalue weighted by Gasteiger charge is -2.00. The van der Waals surface area contributed by atoms with Crippen LogP contribution >= 0.6 is 11.3 Å². The first-order valence-electron chi connectivity index (χ1n) is 4.59. The smallest absolute Gasteiger partial charge is 0.262 e. The number of carbonyl (C=O) groups excluding carboxylic acids is 1. The van der Waals surface area contributed by atoms with Gasteiger partial charge in [-0.25, -0.2) is 4.98 Å². The molecular weight excluding hydrogens is 226 g/mol. The van der Waals surface area contributed by atoms with Crippen LogP contribution in [0.3, 0.4) is 0 Å². The largest absolute Gasteiger partial charge is 0.383 e. The van der Waals surface area contributed by atoms with E-state index in [1.807, 2.05) is 12.3 Å². The van der Waals surface area contributed by atoms with Crippen LogP contribution in [0.15, 0.2) is 11.6 Å². The van der Waals surface area contributed by atoms with Crippen molar-refractivity contribution in [1.82, 2.24) is 14.8 Å². The molecule has 0 aromatic carbocycles. The van der Waals surface area contributed by atoms with E-state index in [4.69, 9.17) is 5.73 Å². The van der Waals surface area contributed by atoms with Crippen LogP contribution in [0.25, 0.3) is 0 Å². The predicted octanol–water partition coefficient (Wildman–Crippen LogP) is 1.02. The lowest BCUT2D eigenvalue weighted by Crippen LogP contribution is -2.13. The number of aromatic nitrogens is 3. The number of thiazole rings is 1. The van der Waals surface area contributed by atoms with Crippen molar-refractivity contribution in [3.63, 3.8) is 0 Å². The maximum Gasteiger partial charge on any atom is 0.262 e. The van der Waals surface area contributed by atoms with E-state index in [1.165, 1.54) is 22.2 Å². The van der Waals surface area contributed by atoms with Crippen molar-refractivity contribution >= 4 is 28.2 Å². The van der Waals surface area contributed by atoms with Crippen molar-refractivity contribution in [1.29, 1.82) is 0 Å². The van der Waals surface area contributed by atoms with Crippen LogP contribution in [0.1, 0.15) is 16.1 Å². The first-order chi connectivity index (χ1) is 7.58. The summed E-state index contributed by atoms with van der Waals surface area (Å²) in [5.41, 5.74) is 6.92. The van der Waals surface area contributed by atoms with Crippen LogP contribution in [0.2, 0.25) is 0 Å². The summed E-state index contributed by atoms with van der Waals surface area (Å²) in [6.45, 7) is 1.87. The van der Waals surface area contributed by atoms with Crippen LogP contribution in [-0.4, -0.2) is 20.7 Å². The first kappa shape index (κ1) is 10.6. The number of rotatable bonds is 2. The topological polar surface area (TPSA) is 85.8 Å². The third-order valence-electron chi connectivity index (χ3n) is 2.07. The van der Waals surface area contributed by atoms with Crippen LogP contribution in [-0.2, 0) is 7.05 Å².